The van der Waals surface area contributed by atoms with Crippen molar-refractivity contribution >= 4 is 58.3 Å². The number of thiol groups is 2. The Morgan fingerprint density at radius 3 is 1.09 bits per heavy atom. The molecular formula is C36H64O8S2Sn. The van der Waals surface area contributed by atoms with Gasteiger partial charge in [-0.2, -0.15) is 25.3 Å². The van der Waals surface area contributed by atoms with Gasteiger partial charge in [0.1, 0.15) is 0 Å². The molecule has 4 aliphatic rings. The molecule has 0 radical (unpaired) electrons. The average molecular weight is 808 g/mol. The molecule has 0 amide bonds. The van der Waals surface area contributed by atoms with E-state index in [0.29, 0.717) is 25.7 Å². The van der Waals surface area contributed by atoms with Crippen molar-refractivity contribution in [2.24, 2.45) is 0 Å². The number of unbranched alkanes of at least 4 members (excludes halogenated alkanes) is 6. The van der Waals surface area contributed by atoms with Gasteiger partial charge in [0, 0.05) is 26.4 Å². The number of carbonyl (C=O) groups is 2. The zero-order chi connectivity index (χ0) is 34.4. The van der Waals surface area contributed by atoms with Gasteiger partial charge in [-0.05, 0) is 77.0 Å². The molecule has 0 N–H and O–H groups in total. The van der Waals surface area contributed by atoms with Gasteiger partial charge >= 0.3 is 95.2 Å². The Balaban J connectivity index is 0.000000248. The molecule has 0 aromatic rings. The summed E-state index contributed by atoms with van der Waals surface area (Å²) in [7, 11) is 0. The number of carboxylic acid groups (broad SMARTS) is 2. The molecule has 47 heavy (non-hydrogen) atoms. The second kappa shape index (κ2) is 25.3. The van der Waals surface area contributed by atoms with Gasteiger partial charge in [0.15, 0.2) is 0 Å². The number of carbonyl (C=O) groups excluding carboxylic acids is 2. The van der Waals surface area contributed by atoms with Crippen LogP contribution in [0.3, 0.4) is 0 Å². The number of rotatable bonds is 20. The number of carboxylic acids is 2. The van der Waals surface area contributed by atoms with E-state index in [1.54, 1.807) is 21.7 Å². The van der Waals surface area contributed by atoms with Crippen molar-refractivity contribution in [2.75, 3.05) is 26.4 Å². The maximum absolute atomic E-state index is 11.3. The van der Waals surface area contributed by atoms with Crippen molar-refractivity contribution in [2.45, 2.75) is 185 Å². The molecule has 0 aromatic heterocycles. The van der Waals surface area contributed by atoms with Gasteiger partial charge < -0.3 is 38.7 Å². The second-order valence-electron chi connectivity index (χ2n) is 13.9. The van der Waals surface area contributed by atoms with Crippen LogP contribution < -0.4 is 10.2 Å². The largest absolute Gasteiger partial charge is 0.549 e. The Kier molecular flexibility index (Phi) is 23.4. The summed E-state index contributed by atoms with van der Waals surface area (Å²) in [6.07, 6.45) is 21.2. The fourth-order valence-corrected chi connectivity index (χ4v) is 11.1. The number of aliphatic carboxylic acids is 2. The van der Waals surface area contributed by atoms with Crippen LogP contribution >= 0.6 is 25.3 Å². The number of ether oxygens (including phenoxy) is 4. The van der Waals surface area contributed by atoms with Crippen molar-refractivity contribution in [1.29, 1.82) is 0 Å². The second-order valence-corrected chi connectivity index (χ2v) is 19.9. The van der Waals surface area contributed by atoms with Crippen LogP contribution in [0.5, 0.6) is 0 Å². The van der Waals surface area contributed by atoms with E-state index in [0.717, 1.165) is 77.8 Å². The molecule has 4 atom stereocenters. The van der Waals surface area contributed by atoms with E-state index in [4.69, 9.17) is 18.9 Å². The molecule has 0 saturated carbocycles. The molecule has 11 heteroatoms. The molecule has 0 bridgehead atoms. The Hall–Kier alpha value is 0.279. The predicted molar refractivity (Wildman–Crippen MR) is 191 cm³/mol. The molecule has 4 saturated heterocycles. The predicted octanol–water partition coefficient (Wildman–Crippen LogP) is 5.77. The van der Waals surface area contributed by atoms with Gasteiger partial charge in [-0.3, -0.25) is 0 Å². The van der Waals surface area contributed by atoms with Crippen LogP contribution in [0.25, 0.3) is 0 Å². The topological polar surface area (TPSA) is 117 Å². The smallest absolute Gasteiger partial charge is 0.0592 e. The summed E-state index contributed by atoms with van der Waals surface area (Å²) < 4.78 is 23.0. The van der Waals surface area contributed by atoms with Crippen molar-refractivity contribution in [3.63, 3.8) is 0 Å². The Morgan fingerprint density at radius 1 is 0.574 bits per heavy atom. The summed E-state index contributed by atoms with van der Waals surface area (Å²) in [5, 5.41) is 22.6. The molecule has 4 rings (SSSR count). The average Bonchev–Trinajstić information content (AvgIpc) is 3.87. The van der Waals surface area contributed by atoms with E-state index in [-0.39, 0.29) is 45.6 Å². The van der Waals surface area contributed by atoms with Gasteiger partial charge in [-0.25, -0.2) is 0 Å². The van der Waals surface area contributed by atoms with Gasteiger partial charge in [0.25, 0.3) is 0 Å². The molecule has 0 spiro atoms. The summed E-state index contributed by atoms with van der Waals surface area (Å²) >= 11 is 8.79. The molecule has 0 aromatic carbocycles. The molecule has 272 valence electrons. The summed E-state index contributed by atoms with van der Waals surface area (Å²) in [5.41, 5.74) is 0. The van der Waals surface area contributed by atoms with Crippen molar-refractivity contribution in [3.05, 3.63) is 0 Å². The van der Waals surface area contributed by atoms with Crippen LogP contribution in [0.1, 0.15) is 142 Å². The molecule has 4 heterocycles. The third kappa shape index (κ3) is 18.4. The first kappa shape index (κ1) is 43.4. The molecule has 8 nitrogen and oxygen atoms in total. The van der Waals surface area contributed by atoms with Gasteiger partial charge in [0.05, 0.1) is 45.8 Å². The molecule has 0 aliphatic carbocycles. The van der Waals surface area contributed by atoms with Crippen LogP contribution in [-0.4, -0.2) is 93.4 Å². The zero-order valence-corrected chi connectivity index (χ0v) is 34.0. The minimum Gasteiger partial charge on any atom is -0.549 e. The van der Waals surface area contributed by atoms with Crippen molar-refractivity contribution in [1.82, 2.24) is 0 Å². The van der Waals surface area contributed by atoms with E-state index in [2.05, 4.69) is 39.1 Å². The zero-order valence-electron chi connectivity index (χ0n) is 29.4. The first-order chi connectivity index (χ1) is 22.6. The normalized spacial score (nSPS) is 26.3. The van der Waals surface area contributed by atoms with Crippen LogP contribution in [0.4, 0.5) is 0 Å². The summed E-state index contributed by atoms with van der Waals surface area (Å²) in [4.78, 5) is 22.6. The van der Waals surface area contributed by atoms with Gasteiger partial charge in [0.2, 0.25) is 0 Å². The maximum Gasteiger partial charge on any atom is 0.0592 e. The fourth-order valence-electron chi connectivity index (χ4n) is 6.71. The third-order valence-corrected chi connectivity index (χ3v) is 14.7. The molecule has 4 fully saturated rings. The van der Waals surface area contributed by atoms with Gasteiger partial charge in [-0.1, -0.05) is 0 Å². The maximum atomic E-state index is 11.3. The minimum absolute atomic E-state index is 0.00630. The minimum atomic E-state index is -1.12. The Morgan fingerprint density at radius 2 is 0.872 bits per heavy atom. The van der Waals surface area contributed by atoms with Crippen molar-refractivity contribution < 1.29 is 38.7 Å². The summed E-state index contributed by atoms with van der Waals surface area (Å²) in [5.74, 6) is -2.21. The van der Waals surface area contributed by atoms with Crippen molar-refractivity contribution in [3.8, 4) is 0 Å². The summed E-state index contributed by atoms with van der Waals surface area (Å²) in [6, 6.07) is 0. The number of hydrogen-bond acceptors (Lipinski definition) is 10. The van der Waals surface area contributed by atoms with E-state index in [9.17, 15) is 19.8 Å². The van der Waals surface area contributed by atoms with Crippen LogP contribution in [-0.2, 0) is 28.5 Å². The van der Waals surface area contributed by atoms with E-state index in [1.807, 2.05) is 0 Å². The Bertz CT molecular complexity index is 724. The van der Waals surface area contributed by atoms with Gasteiger partial charge in [-0.15, -0.1) is 0 Å². The first-order valence-electron chi connectivity index (χ1n) is 18.7. The first-order valence-corrected chi connectivity index (χ1v) is 23.6. The van der Waals surface area contributed by atoms with E-state index >= 15 is 0 Å². The van der Waals surface area contributed by atoms with Crippen LogP contribution in [0, 0.1) is 0 Å². The number of hydrogen-bond donors (Lipinski definition) is 2. The monoisotopic (exact) mass is 808 g/mol. The SMILES string of the molecule is CCCCC[CH2][Sn+2][CH2]CCCCC.O=C([O-])C(S)(CC1CCCO1)CC1CCCO1.O=C([O-])C(S)(CC1CCCO1)CC1CCCO1. The van der Waals surface area contributed by atoms with E-state index in [1.165, 1.54) is 38.5 Å². The standard InChI is InChI=1S/2C12H20O4S.2C6H13.Sn/c2*13-11(14)12(17,7-9-3-1-5-15-9)8-10-4-2-6-16-10;2*1-3-5-6-4-2;/h2*9-10,17H,1-8H2,(H,13,14);2*1,3-6H2,2H3;/q;;;;+2/p-2. The van der Waals surface area contributed by atoms with E-state index < -0.39 is 21.4 Å². The third-order valence-electron chi connectivity index (χ3n) is 9.53. The molecular weight excluding hydrogens is 743 g/mol. The molecule has 4 unspecified atom stereocenters. The molecule has 4 aliphatic heterocycles. The quantitative estimate of drug-likeness (QED) is 0.0906. The van der Waals surface area contributed by atoms with Crippen LogP contribution in [0.2, 0.25) is 8.87 Å². The fraction of sp³-hybridized carbons (Fsp3) is 0.944. The van der Waals surface area contributed by atoms with Crippen LogP contribution in [0.15, 0.2) is 0 Å². The Labute approximate surface area is 307 Å². The summed E-state index contributed by atoms with van der Waals surface area (Å²) in [6.45, 7) is 7.49.